The Kier molecular flexibility index (Phi) is 6.53. The Balaban J connectivity index is 2.45. The van der Waals surface area contributed by atoms with Gasteiger partial charge in [0.2, 0.25) is 0 Å². The Labute approximate surface area is 102 Å². The van der Waals surface area contributed by atoms with Gasteiger partial charge in [0, 0.05) is 24.9 Å². The molecule has 1 aromatic rings. The monoisotopic (exact) mass is 239 g/mol. The number of nitrogens with one attached hydrogen (secondary N) is 1. The summed E-state index contributed by atoms with van der Waals surface area (Å²) in [7, 11) is 0. The molecule has 0 radical (unpaired) electrons. The number of aryl methyl sites for hydroxylation is 1. The van der Waals surface area contributed by atoms with Crippen LogP contribution in [0.25, 0.3) is 0 Å². The molecule has 1 unspecified atom stereocenters. The molecule has 0 aliphatic heterocycles. The second-order valence-electron chi connectivity index (χ2n) is 3.97. The van der Waals surface area contributed by atoms with Crippen LogP contribution in [-0.2, 0) is 6.54 Å². The lowest BCUT2D eigenvalue weighted by Gasteiger charge is -2.17. The molecule has 0 aliphatic carbocycles. The van der Waals surface area contributed by atoms with E-state index in [2.05, 4.69) is 42.8 Å². The van der Waals surface area contributed by atoms with Crippen LogP contribution in [0.2, 0.25) is 0 Å². The van der Waals surface area contributed by atoms with Gasteiger partial charge < -0.3 is 10.4 Å². The van der Waals surface area contributed by atoms with Gasteiger partial charge in [0.25, 0.3) is 0 Å². The van der Waals surface area contributed by atoms with Crippen molar-refractivity contribution in [2.45, 2.75) is 25.9 Å². The SMILES string of the molecule is CSCC(CCO)NCc1ccccc1C. The van der Waals surface area contributed by atoms with Crippen LogP contribution >= 0.6 is 11.8 Å². The zero-order valence-corrected chi connectivity index (χ0v) is 10.9. The van der Waals surface area contributed by atoms with Crippen molar-refractivity contribution in [2.24, 2.45) is 0 Å². The topological polar surface area (TPSA) is 32.3 Å². The highest BCUT2D eigenvalue weighted by molar-refractivity contribution is 7.98. The molecule has 3 heteroatoms. The van der Waals surface area contributed by atoms with Crippen molar-refractivity contribution in [2.75, 3.05) is 18.6 Å². The maximum atomic E-state index is 8.97. The zero-order valence-electron chi connectivity index (χ0n) is 10.1. The highest BCUT2D eigenvalue weighted by Crippen LogP contribution is 2.08. The molecule has 0 aliphatic rings. The van der Waals surface area contributed by atoms with Gasteiger partial charge in [0.15, 0.2) is 0 Å². The number of hydrogen-bond acceptors (Lipinski definition) is 3. The highest BCUT2D eigenvalue weighted by Gasteiger charge is 2.07. The summed E-state index contributed by atoms with van der Waals surface area (Å²) >= 11 is 1.82. The molecule has 0 fully saturated rings. The summed E-state index contributed by atoms with van der Waals surface area (Å²) in [6.45, 7) is 3.27. The first-order valence-electron chi connectivity index (χ1n) is 5.65. The molecule has 2 N–H and O–H groups in total. The lowest BCUT2D eigenvalue weighted by molar-refractivity contribution is 0.269. The molecule has 0 heterocycles. The van der Waals surface area contributed by atoms with Gasteiger partial charge in [-0.1, -0.05) is 24.3 Å². The lowest BCUT2D eigenvalue weighted by atomic mass is 10.1. The van der Waals surface area contributed by atoms with Gasteiger partial charge in [-0.3, -0.25) is 0 Å². The maximum Gasteiger partial charge on any atom is 0.0446 e. The second-order valence-corrected chi connectivity index (χ2v) is 4.88. The van der Waals surface area contributed by atoms with Crippen molar-refractivity contribution in [1.29, 1.82) is 0 Å². The fourth-order valence-electron chi connectivity index (χ4n) is 1.66. The van der Waals surface area contributed by atoms with E-state index in [4.69, 9.17) is 5.11 Å². The molecule has 2 nitrogen and oxygen atoms in total. The number of aliphatic hydroxyl groups is 1. The molecular weight excluding hydrogens is 218 g/mol. The summed E-state index contributed by atoms with van der Waals surface area (Å²) in [6, 6.07) is 8.81. The maximum absolute atomic E-state index is 8.97. The predicted octanol–water partition coefficient (Wildman–Crippen LogP) is 2.20. The molecular formula is C13H21NOS. The third kappa shape index (κ3) is 4.56. The van der Waals surface area contributed by atoms with Gasteiger partial charge in [-0.2, -0.15) is 11.8 Å². The van der Waals surface area contributed by atoms with E-state index in [1.165, 1.54) is 11.1 Å². The van der Waals surface area contributed by atoms with E-state index in [-0.39, 0.29) is 6.61 Å². The Morgan fingerprint density at radius 1 is 1.38 bits per heavy atom. The Hall–Kier alpha value is -0.510. The van der Waals surface area contributed by atoms with Gasteiger partial charge in [0.1, 0.15) is 0 Å². The minimum absolute atomic E-state index is 0.256. The molecule has 0 aromatic heterocycles. The van der Waals surface area contributed by atoms with Crippen LogP contribution in [0.4, 0.5) is 0 Å². The van der Waals surface area contributed by atoms with Gasteiger partial charge in [0.05, 0.1) is 0 Å². The average molecular weight is 239 g/mol. The van der Waals surface area contributed by atoms with Gasteiger partial charge in [-0.25, -0.2) is 0 Å². The molecule has 0 spiro atoms. The largest absolute Gasteiger partial charge is 0.396 e. The average Bonchev–Trinajstić information content (AvgIpc) is 2.28. The molecule has 1 aromatic carbocycles. The fraction of sp³-hybridized carbons (Fsp3) is 0.538. The van der Waals surface area contributed by atoms with Crippen molar-refractivity contribution in [1.82, 2.24) is 5.32 Å². The summed E-state index contributed by atoms with van der Waals surface area (Å²) in [5.41, 5.74) is 2.66. The van der Waals surface area contributed by atoms with Crippen LogP contribution in [-0.4, -0.2) is 29.8 Å². The third-order valence-corrected chi connectivity index (χ3v) is 3.42. The fourth-order valence-corrected chi connectivity index (χ4v) is 2.35. The van der Waals surface area contributed by atoms with Crippen molar-refractivity contribution in [3.05, 3.63) is 35.4 Å². The van der Waals surface area contributed by atoms with Crippen LogP contribution in [0.3, 0.4) is 0 Å². The van der Waals surface area contributed by atoms with E-state index in [0.717, 1.165) is 18.7 Å². The van der Waals surface area contributed by atoms with Crippen LogP contribution in [0.1, 0.15) is 17.5 Å². The predicted molar refractivity (Wildman–Crippen MR) is 71.9 cm³/mol. The van der Waals surface area contributed by atoms with Crippen LogP contribution < -0.4 is 5.32 Å². The van der Waals surface area contributed by atoms with Crippen molar-refractivity contribution >= 4 is 11.8 Å². The number of hydrogen-bond donors (Lipinski definition) is 2. The van der Waals surface area contributed by atoms with E-state index < -0.39 is 0 Å². The summed E-state index contributed by atoms with van der Waals surface area (Å²) in [5.74, 6) is 1.05. The van der Waals surface area contributed by atoms with Crippen molar-refractivity contribution in [3.63, 3.8) is 0 Å². The van der Waals surface area contributed by atoms with E-state index in [9.17, 15) is 0 Å². The van der Waals surface area contributed by atoms with E-state index in [1.54, 1.807) is 0 Å². The Morgan fingerprint density at radius 3 is 2.75 bits per heavy atom. The van der Waals surface area contributed by atoms with Gasteiger partial charge in [-0.05, 0) is 30.7 Å². The molecule has 0 amide bonds. The zero-order chi connectivity index (χ0) is 11.8. The smallest absolute Gasteiger partial charge is 0.0446 e. The highest BCUT2D eigenvalue weighted by atomic mass is 32.2. The minimum Gasteiger partial charge on any atom is -0.396 e. The van der Waals surface area contributed by atoms with E-state index in [1.807, 2.05) is 11.8 Å². The second kappa shape index (κ2) is 7.71. The summed E-state index contributed by atoms with van der Waals surface area (Å²) in [6.07, 6.45) is 2.92. The van der Waals surface area contributed by atoms with Crippen molar-refractivity contribution < 1.29 is 5.11 Å². The number of benzene rings is 1. The Bertz CT molecular complexity index is 298. The molecule has 1 rings (SSSR count). The van der Waals surface area contributed by atoms with Gasteiger partial charge in [-0.15, -0.1) is 0 Å². The molecule has 0 bridgehead atoms. The molecule has 16 heavy (non-hydrogen) atoms. The minimum atomic E-state index is 0.256. The molecule has 90 valence electrons. The van der Waals surface area contributed by atoms with Crippen LogP contribution in [0.5, 0.6) is 0 Å². The molecule has 0 saturated carbocycles. The van der Waals surface area contributed by atoms with E-state index >= 15 is 0 Å². The van der Waals surface area contributed by atoms with Gasteiger partial charge >= 0.3 is 0 Å². The lowest BCUT2D eigenvalue weighted by Crippen LogP contribution is -2.32. The number of thioether (sulfide) groups is 1. The molecule has 0 saturated heterocycles. The normalized spacial score (nSPS) is 12.7. The standard InChI is InChI=1S/C13H21NOS/c1-11-5-3-4-6-12(11)9-14-13(7-8-15)10-16-2/h3-6,13-15H,7-10H2,1-2H3. The number of aliphatic hydroxyl groups excluding tert-OH is 1. The van der Waals surface area contributed by atoms with Crippen LogP contribution in [0.15, 0.2) is 24.3 Å². The molecule has 1 atom stereocenters. The summed E-state index contributed by atoms with van der Waals surface area (Å²) < 4.78 is 0. The van der Waals surface area contributed by atoms with Crippen LogP contribution in [0, 0.1) is 6.92 Å². The first-order valence-corrected chi connectivity index (χ1v) is 7.05. The summed E-state index contributed by atoms with van der Waals surface area (Å²) in [5, 5.41) is 12.5. The third-order valence-electron chi connectivity index (χ3n) is 2.69. The first-order chi connectivity index (χ1) is 7.77. The Morgan fingerprint density at radius 2 is 2.12 bits per heavy atom. The summed E-state index contributed by atoms with van der Waals surface area (Å²) in [4.78, 5) is 0. The first kappa shape index (κ1) is 13.6. The van der Waals surface area contributed by atoms with Crippen molar-refractivity contribution in [3.8, 4) is 0 Å². The van der Waals surface area contributed by atoms with E-state index in [0.29, 0.717) is 6.04 Å². The number of rotatable bonds is 7. The quantitative estimate of drug-likeness (QED) is 0.765.